The van der Waals surface area contributed by atoms with Gasteiger partial charge in [0.1, 0.15) is 10.8 Å². The van der Waals surface area contributed by atoms with Crippen molar-refractivity contribution in [3.8, 4) is 0 Å². The summed E-state index contributed by atoms with van der Waals surface area (Å²) in [5, 5.41) is 0.0157. The fourth-order valence-corrected chi connectivity index (χ4v) is 3.13. The Morgan fingerprint density at radius 3 is 2.29 bits per heavy atom. The first-order valence-electron chi connectivity index (χ1n) is 7.30. The van der Waals surface area contributed by atoms with Gasteiger partial charge in [0.15, 0.2) is 5.57 Å². The molecule has 0 unspecified atom stereocenters. The Labute approximate surface area is 142 Å². The molecule has 6 nitrogen and oxygen atoms in total. The van der Waals surface area contributed by atoms with Crippen LogP contribution in [-0.2, 0) is 23.9 Å². The Hall–Kier alpha value is -2.35. The summed E-state index contributed by atoms with van der Waals surface area (Å²) < 4.78 is 23.9. The Morgan fingerprint density at radius 1 is 1.17 bits per heavy atom. The normalized spacial score (nSPS) is 13.9. The van der Waals surface area contributed by atoms with Gasteiger partial charge in [-0.15, -0.1) is 0 Å². The molecule has 2 rings (SSSR count). The SMILES string of the molecule is CCOC(=O)C(C(=O)OCC)=C1SCC(=O)N1c1ccccc1F. The average molecular weight is 353 g/mol. The molecule has 0 radical (unpaired) electrons. The molecular weight excluding hydrogens is 337 g/mol. The van der Waals surface area contributed by atoms with Crippen molar-refractivity contribution in [1.29, 1.82) is 0 Å². The predicted octanol–water partition coefficient (Wildman–Crippen LogP) is 2.24. The van der Waals surface area contributed by atoms with Gasteiger partial charge in [-0.3, -0.25) is 9.69 Å². The highest BCUT2D eigenvalue weighted by Crippen LogP contribution is 2.37. The molecule has 0 spiro atoms. The van der Waals surface area contributed by atoms with Gasteiger partial charge >= 0.3 is 11.9 Å². The molecule has 0 aliphatic carbocycles. The van der Waals surface area contributed by atoms with Crippen LogP contribution in [0.15, 0.2) is 34.9 Å². The van der Waals surface area contributed by atoms with E-state index in [1.54, 1.807) is 19.9 Å². The van der Waals surface area contributed by atoms with Gasteiger partial charge in [0.2, 0.25) is 5.91 Å². The molecule has 0 aromatic heterocycles. The molecule has 0 atom stereocenters. The van der Waals surface area contributed by atoms with Gasteiger partial charge in [-0.25, -0.2) is 14.0 Å². The summed E-state index contributed by atoms with van der Waals surface area (Å²) in [5.41, 5.74) is -0.439. The van der Waals surface area contributed by atoms with Gasteiger partial charge in [-0.1, -0.05) is 23.9 Å². The minimum Gasteiger partial charge on any atom is -0.462 e. The van der Waals surface area contributed by atoms with Crippen LogP contribution in [-0.4, -0.2) is 36.8 Å². The largest absolute Gasteiger partial charge is 0.462 e. The highest BCUT2D eigenvalue weighted by Gasteiger charge is 2.38. The van der Waals surface area contributed by atoms with Gasteiger partial charge < -0.3 is 9.47 Å². The van der Waals surface area contributed by atoms with Crippen LogP contribution >= 0.6 is 11.8 Å². The minimum atomic E-state index is -0.908. The summed E-state index contributed by atoms with van der Waals surface area (Å²) >= 11 is 0.966. The quantitative estimate of drug-likeness (QED) is 0.350. The third-order valence-corrected chi connectivity index (χ3v) is 4.10. The van der Waals surface area contributed by atoms with Crippen molar-refractivity contribution < 1.29 is 28.2 Å². The highest BCUT2D eigenvalue weighted by molar-refractivity contribution is 8.04. The smallest absolute Gasteiger partial charge is 0.348 e. The zero-order valence-electron chi connectivity index (χ0n) is 13.2. The van der Waals surface area contributed by atoms with Gasteiger partial charge in [0.05, 0.1) is 24.7 Å². The number of benzene rings is 1. The number of thioether (sulfide) groups is 1. The number of para-hydroxylation sites is 1. The number of hydrogen-bond donors (Lipinski definition) is 0. The molecular formula is C16H16FNO5S. The van der Waals surface area contributed by atoms with Crippen LogP contribution in [0.5, 0.6) is 0 Å². The lowest BCUT2D eigenvalue weighted by Gasteiger charge is -2.20. The lowest BCUT2D eigenvalue weighted by atomic mass is 10.2. The molecule has 1 aliphatic rings. The molecule has 1 aliphatic heterocycles. The maximum Gasteiger partial charge on any atom is 0.348 e. The number of anilines is 1. The summed E-state index contributed by atoms with van der Waals surface area (Å²) in [4.78, 5) is 37.6. The Bertz CT molecular complexity index is 683. The number of rotatable bonds is 5. The molecule has 0 N–H and O–H groups in total. The average Bonchev–Trinajstić information content (AvgIpc) is 2.90. The highest BCUT2D eigenvalue weighted by atomic mass is 32.2. The van der Waals surface area contributed by atoms with E-state index in [2.05, 4.69) is 0 Å². The molecule has 1 saturated heterocycles. The van der Waals surface area contributed by atoms with Crippen molar-refractivity contribution in [3.63, 3.8) is 0 Å². The van der Waals surface area contributed by atoms with E-state index in [-0.39, 0.29) is 29.7 Å². The monoisotopic (exact) mass is 353 g/mol. The second kappa shape index (κ2) is 7.96. The number of hydrogen-bond acceptors (Lipinski definition) is 6. The van der Waals surface area contributed by atoms with Crippen LogP contribution in [0.25, 0.3) is 0 Å². The van der Waals surface area contributed by atoms with E-state index in [0.29, 0.717) is 0 Å². The lowest BCUT2D eigenvalue weighted by molar-refractivity contribution is -0.146. The molecule has 8 heteroatoms. The molecule has 1 heterocycles. The van der Waals surface area contributed by atoms with E-state index in [1.165, 1.54) is 18.2 Å². The zero-order chi connectivity index (χ0) is 17.7. The van der Waals surface area contributed by atoms with Gasteiger partial charge in [0, 0.05) is 0 Å². The summed E-state index contributed by atoms with van der Waals surface area (Å²) in [6.07, 6.45) is 0. The first kappa shape index (κ1) is 18.0. The lowest BCUT2D eigenvalue weighted by Crippen LogP contribution is -2.29. The van der Waals surface area contributed by atoms with Crippen LogP contribution < -0.4 is 4.90 Å². The topological polar surface area (TPSA) is 72.9 Å². The van der Waals surface area contributed by atoms with Crippen LogP contribution in [0, 0.1) is 5.82 Å². The maximum atomic E-state index is 14.1. The zero-order valence-corrected chi connectivity index (χ0v) is 14.0. The number of esters is 2. The summed E-state index contributed by atoms with van der Waals surface area (Å²) in [5.74, 6) is -2.92. The van der Waals surface area contributed by atoms with E-state index in [4.69, 9.17) is 9.47 Å². The number of carbonyl (C=O) groups excluding carboxylic acids is 3. The van der Waals surface area contributed by atoms with Gasteiger partial charge in [0.25, 0.3) is 0 Å². The Kier molecular flexibility index (Phi) is 5.97. The first-order chi connectivity index (χ1) is 11.5. The van der Waals surface area contributed by atoms with Crippen molar-refractivity contribution in [3.05, 3.63) is 40.7 Å². The summed E-state index contributed by atoms with van der Waals surface area (Å²) in [6, 6.07) is 5.62. The molecule has 128 valence electrons. The second-order valence-corrected chi connectivity index (χ2v) is 5.55. The van der Waals surface area contributed by atoms with Crippen molar-refractivity contribution in [1.82, 2.24) is 0 Å². The molecule has 24 heavy (non-hydrogen) atoms. The summed E-state index contributed by atoms with van der Waals surface area (Å²) in [6.45, 7) is 3.28. The number of carbonyl (C=O) groups is 3. The van der Waals surface area contributed by atoms with E-state index >= 15 is 0 Å². The standard InChI is InChI=1S/C16H16FNO5S/c1-3-22-15(20)13(16(21)23-4-2)14-18(12(19)9-24-14)11-8-6-5-7-10(11)17/h5-8H,3-4,9H2,1-2H3. The Morgan fingerprint density at radius 2 is 1.75 bits per heavy atom. The summed E-state index contributed by atoms with van der Waals surface area (Å²) in [7, 11) is 0. The minimum absolute atomic E-state index is 0.0157. The van der Waals surface area contributed by atoms with Crippen LogP contribution in [0.2, 0.25) is 0 Å². The van der Waals surface area contributed by atoms with Gasteiger partial charge in [-0.05, 0) is 26.0 Å². The number of halogens is 1. The second-order valence-electron chi connectivity index (χ2n) is 4.59. The maximum absolute atomic E-state index is 14.1. The number of amides is 1. The van der Waals surface area contributed by atoms with Crippen molar-refractivity contribution >= 4 is 35.3 Å². The first-order valence-corrected chi connectivity index (χ1v) is 8.28. The van der Waals surface area contributed by atoms with E-state index in [0.717, 1.165) is 16.7 Å². The third-order valence-electron chi connectivity index (χ3n) is 3.05. The van der Waals surface area contributed by atoms with E-state index in [9.17, 15) is 18.8 Å². The number of ether oxygens (including phenoxy) is 2. The molecule has 0 bridgehead atoms. The molecule has 1 aromatic carbocycles. The molecule has 1 aromatic rings. The third kappa shape index (κ3) is 3.59. The fourth-order valence-electron chi connectivity index (χ4n) is 2.10. The van der Waals surface area contributed by atoms with Crippen LogP contribution in [0.3, 0.4) is 0 Å². The van der Waals surface area contributed by atoms with Crippen molar-refractivity contribution in [2.75, 3.05) is 23.9 Å². The van der Waals surface area contributed by atoms with Gasteiger partial charge in [-0.2, -0.15) is 0 Å². The number of nitrogens with zero attached hydrogens (tertiary/aromatic N) is 1. The van der Waals surface area contributed by atoms with E-state index in [1.807, 2.05) is 0 Å². The predicted molar refractivity (Wildman–Crippen MR) is 86.6 cm³/mol. The van der Waals surface area contributed by atoms with Crippen molar-refractivity contribution in [2.45, 2.75) is 13.8 Å². The molecule has 0 saturated carbocycles. The van der Waals surface area contributed by atoms with E-state index < -0.39 is 29.2 Å². The fraction of sp³-hybridized carbons (Fsp3) is 0.312. The Balaban J connectivity index is 2.58. The van der Waals surface area contributed by atoms with Crippen LogP contribution in [0.1, 0.15) is 13.8 Å². The van der Waals surface area contributed by atoms with Crippen molar-refractivity contribution in [2.24, 2.45) is 0 Å². The molecule has 1 amide bonds. The van der Waals surface area contributed by atoms with Crippen LogP contribution in [0.4, 0.5) is 10.1 Å². The molecule has 1 fully saturated rings.